The van der Waals surface area contributed by atoms with Crippen LogP contribution in [0.2, 0.25) is 0 Å². The van der Waals surface area contributed by atoms with E-state index in [9.17, 15) is 0 Å². The number of para-hydroxylation sites is 2. The van der Waals surface area contributed by atoms with Gasteiger partial charge in [0.15, 0.2) is 5.11 Å². The van der Waals surface area contributed by atoms with Gasteiger partial charge >= 0.3 is 0 Å². The van der Waals surface area contributed by atoms with Crippen LogP contribution in [-0.2, 0) is 11.3 Å². The molecule has 3 rings (SSSR count). The SMILES string of the molecule is CCOc1ccccc1NC(=S)N(Cc1ccco1)CC1CCCO1. The summed E-state index contributed by atoms with van der Waals surface area (Å²) in [5.41, 5.74) is 0.867. The van der Waals surface area contributed by atoms with Crippen LogP contribution in [0.4, 0.5) is 5.69 Å². The molecule has 1 N–H and O–H groups in total. The highest BCUT2D eigenvalue weighted by Crippen LogP contribution is 2.25. The Morgan fingerprint density at radius 3 is 2.92 bits per heavy atom. The van der Waals surface area contributed by atoms with E-state index in [2.05, 4.69) is 10.2 Å². The van der Waals surface area contributed by atoms with Gasteiger partial charge in [0.25, 0.3) is 0 Å². The van der Waals surface area contributed by atoms with Crippen LogP contribution in [-0.4, -0.2) is 35.9 Å². The van der Waals surface area contributed by atoms with E-state index in [1.165, 1.54) is 0 Å². The highest BCUT2D eigenvalue weighted by molar-refractivity contribution is 7.80. The number of anilines is 1. The first-order valence-electron chi connectivity index (χ1n) is 8.68. The minimum Gasteiger partial charge on any atom is -0.492 e. The van der Waals surface area contributed by atoms with Gasteiger partial charge in [-0.3, -0.25) is 0 Å². The molecule has 1 saturated heterocycles. The summed E-state index contributed by atoms with van der Waals surface area (Å²) in [7, 11) is 0. The fourth-order valence-electron chi connectivity index (χ4n) is 2.89. The lowest BCUT2D eigenvalue weighted by atomic mass is 10.2. The van der Waals surface area contributed by atoms with Crippen LogP contribution in [0.15, 0.2) is 47.1 Å². The summed E-state index contributed by atoms with van der Waals surface area (Å²) in [5, 5.41) is 3.95. The lowest BCUT2D eigenvalue weighted by molar-refractivity contribution is 0.0892. The predicted octanol–water partition coefficient (Wildman–Crippen LogP) is 4.06. The third-order valence-electron chi connectivity index (χ3n) is 4.09. The van der Waals surface area contributed by atoms with Gasteiger partial charge in [0.2, 0.25) is 0 Å². The zero-order valence-corrected chi connectivity index (χ0v) is 15.3. The van der Waals surface area contributed by atoms with Crippen molar-refractivity contribution in [2.45, 2.75) is 32.4 Å². The first kappa shape index (κ1) is 17.8. The number of ether oxygens (including phenoxy) is 2. The fraction of sp³-hybridized carbons (Fsp3) is 0.421. The molecule has 0 aliphatic carbocycles. The molecule has 1 aliphatic heterocycles. The van der Waals surface area contributed by atoms with Crippen molar-refractivity contribution in [1.29, 1.82) is 0 Å². The van der Waals surface area contributed by atoms with Crippen LogP contribution in [0.1, 0.15) is 25.5 Å². The smallest absolute Gasteiger partial charge is 0.174 e. The van der Waals surface area contributed by atoms with Gasteiger partial charge in [0, 0.05) is 13.2 Å². The molecule has 0 radical (unpaired) electrons. The van der Waals surface area contributed by atoms with Crippen molar-refractivity contribution in [1.82, 2.24) is 4.90 Å². The van der Waals surface area contributed by atoms with E-state index in [1.807, 2.05) is 43.3 Å². The van der Waals surface area contributed by atoms with Crippen molar-refractivity contribution in [3.63, 3.8) is 0 Å². The molecular weight excluding hydrogens is 336 g/mol. The molecule has 1 aliphatic rings. The molecule has 1 fully saturated rings. The number of furan rings is 1. The summed E-state index contributed by atoms with van der Waals surface area (Å²) in [4.78, 5) is 2.09. The Kier molecular flexibility index (Phi) is 6.30. The molecule has 0 spiro atoms. The van der Waals surface area contributed by atoms with Crippen molar-refractivity contribution < 1.29 is 13.9 Å². The van der Waals surface area contributed by atoms with Gasteiger partial charge in [-0.25, -0.2) is 0 Å². The van der Waals surface area contributed by atoms with Crippen LogP contribution in [0.5, 0.6) is 5.75 Å². The first-order chi connectivity index (χ1) is 12.3. The highest BCUT2D eigenvalue weighted by atomic mass is 32.1. The zero-order chi connectivity index (χ0) is 17.5. The lowest BCUT2D eigenvalue weighted by Gasteiger charge is -2.28. The molecule has 6 heteroatoms. The quantitative estimate of drug-likeness (QED) is 0.752. The van der Waals surface area contributed by atoms with Crippen LogP contribution < -0.4 is 10.1 Å². The summed E-state index contributed by atoms with van der Waals surface area (Å²) in [5.74, 6) is 1.67. The number of rotatable bonds is 7. The van der Waals surface area contributed by atoms with Gasteiger partial charge in [0.1, 0.15) is 11.5 Å². The summed E-state index contributed by atoms with van der Waals surface area (Å²) in [6.45, 7) is 4.75. The summed E-state index contributed by atoms with van der Waals surface area (Å²) in [6, 6.07) is 11.7. The van der Waals surface area contributed by atoms with Crippen molar-refractivity contribution in [2.75, 3.05) is 25.1 Å². The highest BCUT2D eigenvalue weighted by Gasteiger charge is 2.22. The monoisotopic (exact) mass is 360 g/mol. The van der Waals surface area contributed by atoms with Crippen LogP contribution in [0.3, 0.4) is 0 Å². The Balaban J connectivity index is 1.71. The zero-order valence-electron chi connectivity index (χ0n) is 14.4. The van der Waals surface area contributed by atoms with Gasteiger partial charge < -0.3 is 24.1 Å². The molecule has 1 unspecified atom stereocenters. The normalized spacial score (nSPS) is 16.6. The topological polar surface area (TPSA) is 46.9 Å². The number of thiocarbonyl (C=S) groups is 1. The molecule has 1 aromatic carbocycles. The van der Waals surface area contributed by atoms with Crippen molar-refractivity contribution in [3.05, 3.63) is 48.4 Å². The van der Waals surface area contributed by atoms with Crippen molar-refractivity contribution in [3.8, 4) is 5.75 Å². The second kappa shape index (κ2) is 8.87. The Hall–Kier alpha value is -2.05. The van der Waals surface area contributed by atoms with E-state index in [1.54, 1.807) is 6.26 Å². The molecule has 134 valence electrons. The number of nitrogens with zero attached hydrogens (tertiary/aromatic N) is 1. The van der Waals surface area contributed by atoms with Gasteiger partial charge in [0.05, 0.1) is 31.2 Å². The van der Waals surface area contributed by atoms with E-state index >= 15 is 0 Å². The number of hydrogen-bond donors (Lipinski definition) is 1. The minimum atomic E-state index is 0.205. The average Bonchev–Trinajstić information content (AvgIpc) is 3.30. The van der Waals surface area contributed by atoms with Gasteiger partial charge in [-0.15, -0.1) is 0 Å². The Morgan fingerprint density at radius 2 is 2.20 bits per heavy atom. The molecular formula is C19H24N2O3S. The molecule has 1 atom stereocenters. The Morgan fingerprint density at radius 1 is 1.32 bits per heavy atom. The molecule has 2 heterocycles. The van der Waals surface area contributed by atoms with Crippen molar-refractivity contribution >= 4 is 23.0 Å². The molecule has 5 nitrogen and oxygen atoms in total. The second-order valence-electron chi connectivity index (χ2n) is 5.95. The number of hydrogen-bond acceptors (Lipinski definition) is 4. The van der Waals surface area contributed by atoms with E-state index < -0.39 is 0 Å². The molecule has 2 aromatic rings. The van der Waals surface area contributed by atoms with Crippen LogP contribution >= 0.6 is 12.2 Å². The third-order valence-corrected chi connectivity index (χ3v) is 4.45. The summed E-state index contributed by atoms with van der Waals surface area (Å²) >= 11 is 5.67. The second-order valence-corrected chi connectivity index (χ2v) is 6.34. The first-order valence-corrected chi connectivity index (χ1v) is 9.09. The van der Waals surface area contributed by atoms with Gasteiger partial charge in [-0.1, -0.05) is 12.1 Å². The maximum atomic E-state index is 5.78. The maximum absolute atomic E-state index is 5.78. The standard InChI is InChI=1S/C19H24N2O3S/c1-2-22-18-10-4-3-9-17(18)20-19(25)21(13-15-7-5-11-23-15)14-16-8-6-12-24-16/h3-5,7,9-11,16H,2,6,8,12-14H2,1H3,(H,20,25). The summed E-state index contributed by atoms with van der Waals surface area (Å²) < 4.78 is 17.0. The van der Waals surface area contributed by atoms with Crippen LogP contribution in [0, 0.1) is 0 Å². The Bertz CT molecular complexity index is 669. The summed E-state index contributed by atoms with van der Waals surface area (Å²) in [6.07, 6.45) is 4.05. The van der Waals surface area contributed by atoms with Crippen LogP contribution in [0.25, 0.3) is 0 Å². The average molecular weight is 360 g/mol. The molecule has 25 heavy (non-hydrogen) atoms. The largest absolute Gasteiger partial charge is 0.492 e. The Labute approximate surface area is 153 Å². The lowest BCUT2D eigenvalue weighted by Crippen LogP contribution is -2.39. The number of nitrogens with one attached hydrogen (secondary N) is 1. The van der Waals surface area contributed by atoms with Crippen molar-refractivity contribution in [2.24, 2.45) is 0 Å². The third kappa shape index (κ3) is 4.96. The van der Waals surface area contributed by atoms with E-state index in [4.69, 9.17) is 26.1 Å². The predicted molar refractivity (Wildman–Crippen MR) is 102 cm³/mol. The van der Waals surface area contributed by atoms with Gasteiger partial charge in [-0.05, 0) is 56.2 Å². The van der Waals surface area contributed by atoms with E-state index in [0.29, 0.717) is 18.3 Å². The fourth-order valence-corrected chi connectivity index (χ4v) is 3.14. The van der Waals surface area contributed by atoms with E-state index in [0.717, 1.165) is 43.2 Å². The van der Waals surface area contributed by atoms with Gasteiger partial charge in [-0.2, -0.15) is 0 Å². The molecule has 0 saturated carbocycles. The number of benzene rings is 1. The molecule has 0 amide bonds. The molecule has 0 bridgehead atoms. The minimum absolute atomic E-state index is 0.205. The molecule has 1 aromatic heterocycles. The van der Waals surface area contributed by atoms with E-state index in [-0.39, 0.29) is 6.10 Å². The maximum Gasteiger partial charge on any atom is 0.174 e.